The van der Waals surface area contributed by atoms with Crippen molar-refractivity contribution in [1.29, 1.82) is 0 Å². The minimum atomic E-state index is -1.03. The molecule has 2 unspecified atom stereocenters. The molecular formula is C18H30O4. The molecule has 22 heavy (non-hydrogen) atoms. The molecule has 0 radical (unpaired) electrons. The van der Waals surface area contributed by atoms with Crippen LogP contribution in [0.25, 0.3) is 0 Å². The van der Waals surface area contributed by atoms with Crippen LogP contribution in [0.2, 0.25) is 0 Å². The van der Waals surface area contributed by atoms with Crippen molar-refractivity contribution in [1.82, 2.24) is 0 Å². The molecular weight excluding hydrogens is 280 g/mol. The Labute approximate surface area is 133 Å². The Morgan fingerprint density at radius 3 is 2.59 bits per heavy atom. The molecule has 1 fully saturated rings. The number of unbranched alkanes of at least 4 members (excludes halogenated alkanes) is 6. The van der Waals surface area contributed by atoms with Crippen LogP contribution in [0.4, 0.5) is 0 Å². The summed E-state index contributed by atoms with van der Waals surface area (Å²) in [6, 6.07) is 0. The highest BCUT2D eigenvalue weighted by molar-refractivity contribution is 5.94. The van der Waals surface area contributed by atoms with Crippen LogP contribution in [0.5, 0.6) is 0 Å². The second-order valence-electron chi connectivity index (χ2n) is 6.13. The molecule has 0 amide bonds. The van der Waals surface area contributed by atoms with Crippen molar-refractivity contribution < 1.29 is 19.4 Å². The van der Waals surface area contributed by atoms with Gasteiger partial charge in [-0.25, -0.2) is 0 Å². The summed E-state index contributed by atoms with van der Waals surface area (Å²) in [5.41, 5.74) is 0. The van der Waals surface area contributed by atoms with E-state index in [1.54, 1.807) is 0 Å². The average molecular weight is 310 g/mol. The molecule has 1 aliphatic rings. The minimum absolute atomic E-state index is 0.166. The van der Waals surface area contributed by atoms with E-state index in [4.69, 9.17) is 9.84 Å². The third kappa shape index (κ3) is 9.72. The first kappa shape index (κ1) is 18.9. The Bertz CT molecular complexity index is 362. The molecule has 0 saturated carbocycles. The lowest BCUT2D eigenvalue weighted by Crippen LogP contribution is -2.05. The average Bonchev–Trinajstić information content (AvgIpc) is 3.20. The topological polar surface area (TPSA) is 66.9 Å². The van der Waals surface area contributed by atoms with Crippen molar-refractivity contribution in [3.63, 3.8) is 0 Å². The van der Waals surface area contributed by atoms with Gasteiger partial charge in [-0.15, -0.1) is 0 Å². The molecule has 1 saturated heterocycles. The number of hydrogen-bond donors (Lipinski definition) is 1. The van der Waals surface area contributed by atoms with Gasteiger partial charge >= 0.3 is 5.97 Å². The van der Waals surface area contributed by atoms with Gasteiger partial charge < -0.3 is 9.84 Å². The third-order valence-electron chi connectivity index (χ3n) is 3.96. The SMILES string of the molecule is CCCCCCC1OC1C=CCCCCCC(=O)CC(=O)O. The summed E-state index contributed by atoms with van der Waals surface area (Å²) in [5, 5.41) is 8.47. The number of aliphatic carboxylic acids is 1. The molecule has 0 aromatic heterocycles. The number of carboxylic acids is 1. The molecule has 4 nitrogen and oxygen atoms in total. The zero-order valence-corrected chi connectivity index (χ0v) is 13.8. The zero-order valence-electron chi connectivity index (χ0n) is 13.8. The van der Waals surface area contributed by atoms with Crippen molar-refractivity contribution in [2.45, 2.75) is 89.8 Å². The van der Waals surface area contributed by atoms with E-state index in [2.05, 4.69) is 19.1 Å². The van der Waals surface area contributed by atoms with Gasteiger partial charge in [0, 0.05) is 6.42 Å². The second kappa shape index (κ2) is 11.4. The number of carbonyl (C=O) groups is 2. The van der Waals surface area contributed by atoms with E-state index in [-0.39, 0.29) is 12.2 Å². The molecule has 4 heteroatoms. The first-order chi connectivity index (χ1) is 10.6. The Balaban J connectivity index is 1.89. The summed E-state index contributed by atoms with van der Waals surface area (Å²) >= 11 is 0. The highest BCUT2D eigenvalue weighted by Crippen LogP contribution is 2.28. The summed E-state index contributed by atoms with van der Waals surface area (Å²) in [7, 11) is 0. The zero-order chi connectivity index (χ0) is 16.2. The van der Waals surface area contributed by atoms with Crippen LogP contribution in [0.3, 0.4) is 0 Å². The van der Waals surface area contributed by atoms with Crippen LogP contribution in [0, 0.1) is 0 Å². The maximum absolute atomic E-state index is 11.2. The standard InChI is InChI=1S/C18H30O4/c1-2-3-4-9-12-16-17(22-16)13-10-7-5-6-8-11-15(19)14-18(20)21/h10,13,16-17H,2-9,11-12,14H2,1H3,(H,20,21). The molecule has 2 atom stereocenters. The van der Waals surface area contributed by atoms with Gasteiger partial charge in [-0.3, -0.25) is 9.59 Å². The molecule has 0 aromatic rings. The van der Waals surface area contributed by atoms with Crippen molar-refractivity contribution in [2.75, 3.05) is 0 Å². The number of epoxide rings is 1. The summed E-state index contributed by atoms with van der Waals surface area (Å²) < 4.78 is 5.61. The summed E-state index contributed by atoms with van der Waals surface area (Å²) in [6.45, 7) is 2.22. The molecule has 0 spiro atoms. The predicted octanol–water partition coefficient (Wildman–Crippen LogP) is 4.27. The smallest absolute Gasteiger partial charge is 0.310 e. The van der Waals surface area contributed by atoms with Gasteiger partial charge in [-0.05, 0) is 25.7 Å². The maximum Gasteiger partial charge on any atom is 0.310 e. The van der Waals surface area contributed by atoms with Gasteiger partial charge in [0.25, 0.3) is 0 Å². The van der Waals surface area contributed by atoms with Gasteiger partial charge in [-0.2, -0.15) is 0 Å². The number of Topliss-reactive ketones (excluding diaryl/α,β-unsaturated/α-hetero) is 1. The fourth-order valence-corrected chi connectivity index (χ4v) is 2.58. The molecule has 0 bridgehead atoms. The molecule has 1 heterocycles. The third-order valence-corrected chi connectivity index (χ3v) is 3.96. The summed E-state index contributed by atoms with van der Waals surface area (Å²) in [4.78, 5) is 21.5. The second-order valence-corrected chi connectivity index (χ2v) is 6.13. The van der Waals surface area contributed by atoms with Gasteiger partial charge in [0.15, 0.2) is 0 Å². The van der Waals surface area contributed by atoms with Crippen LogP contribution in [0.15, 0.2) is 12.2 Å². The fourth-order valence-electron chi connectivity index (χ4n) is 2.58. The van der Waals surface area contributed by atoms with E-state index in [0.717, 1.165) is 25.7 Å². The molecule has 0 aliphatic carbocycles. The number of rotatable bonds is 14. The van der Waals surface area contributed by atoms with E-state index in [1.807, 2.05) is 0 Å². The lowest BCUT2D eigenvalue weighted by atomic mass is 10.1. The maximum atomic E-state index is 11.2. The fraction of sp³-hybridized carbons (Fsp3) is 0.778. The first-order valence-electron chi connectivity index (χ1n) is 8.69. The van der Waals surface area contributed by atoms with Crippen molar-refractivity contribution in [2.24, 2.45) is 0 Å². The number of allylic oxidation sites excluding steroid dienone is 1. The van der Waals surface area contributed by atoms with Crippen LogP contribution in [-0.2, 0) is 14.3 Å². The van der Waals surface area contributed by atoms with Crippen LogP contribution < -0.4 is 0 Å². The molecule has 1 aliphatic heterocycles. The molecule has 1 rings (SSSR count). The van der Waals surface area contributed by atoms with E-state index < -0.39 is 5.97 Å². The number of carboxylic acid groups (broad SMARTS) is 1. The monoisotopic (exact) mass is 310 g/mol. The highest BCUT2D eigenvalue weighted by Gasteiger charge is 2.35. The molecule has 126 valence electrons. The van der Waals surface area contributed by atoms with Crippen LogP contribution in [0.1, 0.15) is 77.6 Å². The number of carbonyl (C=O) groups excluding carboxylic acids is 1. The summed E-state index contributed by atoms with van der Waals surface area (Å²) in [6.07, 6.45) is 15.4. The van der Waals surface area contributed by atoms with Gasteiger partial charge in [0.2, 0.25) is 0 Å². The van der Waals surface area contributed by atoms with Crippen LogP contribution >= 0.6 is 0 Å². The van der Waals surface area contributed by atoms with Crippen LogP contribution in [-0.4, -0.2) is 29.1 Å². The van der Waals surface area contributed by atoms with E-state index in [1.165, 1.54) is 32.1 Å². The largest absolute Gasteiger partial charge is 0.481 e. The van der Waals surface area contributed by atoms with Gasteiger partial charge in [0.1, 0.15) is 18.3 Å². The van der Waals surface area contributed by atoms with E-state index >= 15 is 0 Å². The van der Waals surface area contributed by atoms with Gasteiger partial charge in [-0.1, -0.05) is 51.2 Å². The lowest BCUT2D eigenvalue weighted by Gasteiger charge is -1.98. The summed E-state index contributed by atoms with van der Waals surface area (Å²) in [5.74, 6) is -1.19. The lowest BCUT2D eigenvalue weighted by molar-refractivity contribution is -0.140. The minimum Gasteiger partial charge on any atom is -0.481 e. The Kier molecular flexibility index (Phi) is 9.80. The van der Waals surface area contributed by atoms with Crippen molar-refractivity contribution in [3.8, 4) is 0 Å². The number of ether oxygens (including phenoxy) is 1. The Morgan fingerprint density at radius 1 is 1.09 bits per heavy atom. The molecule has 1 N–H and O–H groups in total. The van der Waals surface area contributed by atoms with E-state index in [9.17, 15) is 9.59 Å². The quantitative estimate of drug-likeness (QED) is 0.225. The predicted molar refractivity (Wildman–Crippen MR) is 86.9 cm³/mol. The van der Waals surface area contributed by atoms with Crippen molar-refractivity contribution >= 4 is 11.8 Å². The Morgan fingerprint density at radius 2 is 1.86 bits per heavy atom. The normalized spacial score (nSPS) is 20.4. The highest BCUT2D eigenvalue weighted by atomic mass is 16.6. The molecule has 0 aromatic carbocycles. The number of ketones is 1. The van der Waals surface area contributed by atoms with E-state index in [0.29, 0.717) is 18.6 Å². The van der Waals surface area contributed by atoms with Crippen molar-refractivity contribution in [3.05, 3.63) is 12.2 Å². The Hall–Kier alpha value is -1.16. The van der Waals surface area contributed by atoms with Gasteiger partial charge in [0.05, 0.1) is 6.10 Å². The number of hydrogen-bond acceptors (Lipinski definition) is 3. The first-order valence-corrected chi connectivity index (χ1v) is 8.69.